The molecule has 1 aromatic carbocycles. The third-order valence-electron chi connectivity index (χ3n) is 7.11. The first kappa shape index (κ1) is 50.9. The van der Waals surface area contributed by atoms with Gasteiger partial charge in [-0.1, -0.05) is 0 Å². The summed E-state index contributed by atoms with van der Waals surface area (Å²) in [6.45, 7) is 5.42. The van der Waals surface area contributed by atoms with E-state index in [9.17, 15) is 43.2 Å². The zero-order valence-electron chi connectivity index (χ0n) is 31.3. The van der Waals surface area contributed by atoms with Crippen LogP contribution in [0.25, 0.3) is 0 Å². The summed E-state index contributed by atoms with van der Waals surface area (Å²) in [7, 11) is 0. The van der Waals surface area contributed by atoms with Crippen LogP contribution in [0.5, 0.6) is 0 Å². The number of carbonyl (C=O) groups is 9. The van der Waals surface area contributed by atoms with Gasteiger partial charge < -0.3 is 44.4 Å². The van der Waals surface area contributed by atoms with Gasteiger partial charge in [0, 0.05) is 70.3 Å². The van der Waals surface area contributed by atoms with Crippen LogP contribution in [-0.2, 0) is 62.0 Å². The van der Waals surface area contributed by atoms with E-state index in [-0.39, 0.29) is 65.9 Å². The van der Waals surface area contributed by atoms with E-state index in [1.165, 1.54) is 13.8 Å². The minimum atomic E-state index is -1.25. The molecule has 0 heterocycles. The first-order valence-corrected chi connectivity index (χ1v) is 20.5. The molecule has 0 bridgehead atoms. The molecule has 4 atom stereocenters. The number of ether oxygens (including phenoxy) is 6. The van der Waals surface area contributed by atoms with E-state index >= 15 is 0 Å². The minimum Gasteiger partial charge on any atom is -0.466 e. The standard InChI is InChI=1S/C34H43ClI3N3O15/c1-16(42)51-12-9-22(24(55-20(5)46)14-53-18(3)44)39-33(49)27-29(36)28(31(38)32(30(27)37)41-26(48)8-7-11-35)34(50)40-23(10-13-52-17(2)43)25(56-21(6)47)15-54-19(4)45/h22-25H,7-15H2,1-6H3,(H,39,49)(H,40,50)(H,41,48). The summed E-state index contributed by atoms with van der Waals surface area (Å²) in [6.07, 6.45) is -2.40. The van der Waals surface area contributed by atoms with Crippen LogP contribution in [0.15, 0.2) is 0 Å². The Morgan fingerprint density at radius 3 is 1.27 bits per heavy atom. The SMILES string of the molecule is CC(=O)OCCC(NC(=O)c1c(I)c(NC(=O)CCCCl)c(I)c(C(=O)NC(CCOC(C)=O)C(COC(C)=O)OC(C)=O)c1I)C(COC(C)=O)OC(C)=O. The van der Waals surface area contributed by atoms with Gasteiger partial charge in [0.2, 0.25) is 5.91 Å². The Hall–Kier alpha value is -3.07. The second-order valence-corrected chi connectivity index (χ2v) is 15.3. The molecule has 0 radical (unpaired) electrons. The van der Waals surface area contributed by atoms with Gasteiger partial charge in [0.25, 0.3) is 11.8 Å². The molecule has 0 saturated heterocycles. The Balaban J connectivity index is 3.96. The number of carbonyl (C=O) groups excluding carboxylic acids is 9. The molecule has 18 nitrogen and oxygen atoms in total. The zero-order valence-corrected chi connectivity index (χ0v) is 38.5. The summed E-state index contributed by atoms with van der Waals surface area (Å²) >= 11 is 11.2. The molecule has 0 aromatic heterocycles. The van der Waals surface area contributed by atoms with E-state index in [1.54, 1.807) is 22.6 Å². The number of nitrogens with one attached hydrogen (secondary N) is 3. The lowest BCUT2D eigenvalue weighted by Crippen LogP contribution is -2.49. The van der Waals surface area contributed by atoms with E-state index in [1.807, 2.05) is 45.2 Å². The Labute approximate surface area is 369 Å². The highest BCUT2D eigenvalue weighted by molar-refractivity contribution is 14.1. The predicted octanol–water partition coefficient (Wildman–Crippen LogP) is 3.55. The summed E-state index contributed by atoms with van der Waals surface area (Å²) in [4.78, 5) is 112. The maximum absolute atomic E-state index is 14.3. The minimum absolute atomic E-state index is 0.00157. The molecule has 1 rings (SSSR count). The molecule has 0 saturated carbocycles. The molecule has 4 unspecified atom stereocenters. The van der Waals surface area contributed by atoms with E-state index < -0.39 is 91.0 Å². The van der Waals surface area contributed by atoms with Crippen LogP contribution in [0.2, 0.25) is 0 Å². The van der Waals surface area contributed by atoms with Gasteiger partial charge in [-0.25, -0.2) is 0 Å². The average Bonchev–Trinajstić information content (AvgIpc) is 3.07. The van der Waals surface area contributed by atoms with Crippen molar-refractivity contribution < 1.29 is 71.6 Å². The van der Waals surface area contributed by atoms with Crippen LogP contribution in [0, 0.1) is 10.7 Å². The fourth-order valence-electron chi connectivity index (χ4n) is 4.73. The molecule has 0 fully saturated rings. The largest absolute Gasteiger partial charge is 0.466 e. The maximum Gasteiger partial charge on any atom is 0.303 e. The van der Waals surface area contributed by atoms with Gasteiger partial charge in [-0.2, -0.15) is 0 Å². The molecule has 56 heavy (non-hydrogen) atoms. The Bertz CT molecular complexity index is 1540. The second-order valence-electron chi connectivity index (χ2n) is 11.7. The van der Waals surface area contributed by atoms with Crippen molar-refractivity contribution in [3.05, 3.63) is 21.8 Å². The van der Waals surface area contributed by atoms with Crippen LogP contribution in [0.4, 0.5) is 5.69 Å². The molecular weight excluding hydrogens is 1110 g/mol. The first-order valence-electron chi connectivity index (χ1n) is 16.8. The molecule has 0 aliphatic heterocycles. The maximum atomic E-state index is 14.3. The van der Waals surface area contributed by atoms with Gasteiger partial charge in [-0.15, -0.1) is 11.6 Å². The van der Waals surface area contributed by atoms with Crippen molar-refractivity contribution in [3.63, 3.8) is 0 Å². The van der Waals surface area contributed by atoms with Gasteiger partial charge in [-0.05, 0) is 74.2 Å². The molecule has 3 N–H and O–H groups in total. The third kappa shape index (κ3) is 18.5. The van der Waals surface area contributed by atoms with Crippen molar-refractivity contribution in [3.8, 4) is 0 Å². The highest BCUT2D eigenvalue weighted by Crippen LogP contribution is 2.36. The van der Waals surface area contributed by atoms with E-state index in [0.717, 1.165) is 27.7 Å². The Kier molecular flexibility index (Phi) is 23.7. The van der Waals surface area contributed by atoms with Gasteiger partial charge in [0.05, 0.1) is 49.3 Å². The number of rotatable bonds is 22. The molecule has 3 amide bonds. The second kappa shape index (κ2) is 26.0. The zero-order chi connectivity index (χ0) is 42.7. The number of alkyl halides is 1. The van der Waals surface area contributed by atoms with E-state index in [0.29, 0.717) is 6.42 Å². The normalized spacial score (nSPS) is 12.8. The summed E-state index contributed by atoms with van der Waals surface area (Å²) in [5.41, 5.74) is -0.130. The van der Waals surface area contributed by atoms with E-state index in [4.69, 9.17) is 40.0 Å². The quantitative estimate of drug-likeness (QED) is 0.0651. The third-order valence-corrected chi connectivity index (χ3v) is 10.6. The lowest BCUT2D eigenvalue weighted by atomic mass is 10.0. The smallest absolute Gasteiger partial charge is 0.303 e. The molecule has 22 heteroatoms. The first-order chi connectivity index (χ1) is 26.2. The monoisotopic (exact) mass is 1150 g/mol. The van der Waals surface area contributed by atoms with Crippen LogP contribution < -0.4 is 16.0 Å². The topological polar surface area (TPSA) is 245 Å². The van der Waals surface area contributed by atoms with E-state index in [2.05, 4.69) is 16.0 Å². The lowest BCUT2D eigenvalue weighted by molar-refractivity contribution is -0.158. The van der Waals surface area contributed by atoms with Gasteiger partial charge in [0.1, 0.15) is 13.2 Å². The fraction of sp³-hybridized carbons (Fsp3) is 0.559. The molecule has 0 aliphatic carbocycles. The van der Waals surface area contributed by atoms with Crippen LogP contribution in [0.3, 0.4) is 0 Å². The number of hydrogen-bond acceptors (Lipinski definition) is 15. The molecule has 1 aromatic rings. The predicted molar refractivity (Wildman–Crippen MR) is 223 cm³/mol. The number of anilines is 1. The van der Waals surface area contributed by atoms with Crippen molar-refractivity contribution in [1.29, 1.82) is 0 Å². The molecule has 0 aliphatic rings. The number of benzene rings is 1. The van der Waals surface area contributed by atoms with Crippen molar-refractivity contribution in [2.75, 3.05) is 37.6 Å². The van der Waals surface area contributed by atoms with Crippen molar-refractivity contribution in [1.82, 2.24) is 10.6 Å². The van der Waals surface area contributed by atoms with Crippen molar-refractivity contribution >= 4 is 139 Å². The molecule has 0 spiro atoms. The van der Waals surface area contributed by atoms with Crippen molar-refractivity contribution in [2.45, 2.75) is 91.5 Å². The van der Waals surface area contributed by atoms with Crippen molar-refractivity contribution in [2.24, 2.45) is 0 Å². The number of esters is 6. The molecule has 312 valence electrons. The van der Waals surface area contributed by atoms with Crippen LogP contribution >= 0.6 is 79.4 Å². The average molecular weight is 1150 g/mol. The Morgan fingerprint density at radius 1 is 0.571 bits per heavy atom. The summed E-state index contributed by atoms with van der Waals surface area (Å²) in [6, 6.07) is -2.24. The molecular formula is C34H43ClI3N3O15. The fourth-order valence-corrected chi connectivity index (χ4v) is 9.28. The number of hydrogen-bond donors (Lipinski definition) is 3. The highest BCUT2D eigenvalue weighted by atomic mass is 127. The number of halogens is 4. The number of amides is 3. The summed E-state index contributed by atoms with van der Waals surface area (Å²) in [5.74, 6) is -6.13. The van der Waals surface area contributed by atoms with Gasteiger partial charge >= 0.3 is 35.8 Å². The van der Waals surface area contributed by atoms with Gasteiger partial charge in [-0.3, -0.25) is 43.2 Å². The summed E-state index contributed by atoms with van der Waals surface area (Å²) in [5, 5.41) is 8.23. The van der Waals surface area contributed by atoms with Crippen LogP contribution in [0.1, 0.15) is 87.9 Å². The Morgan fingerprint density at radius 2 is 0.946 bits per heavy atom. The highest BCUT2D eigenvalue weighted by Gasteiger charge is 2.35. The van der Waals surface area contributed by atoms with Crippen LogP contribution in [-0.4, -0.2) is 110 Å². The lowest BCUT2D eigenvalue weighted by Gasteiger charge is -2.29. The summed E-state index contributed by atoms with van der Waals surface area (Å²) < 4.78 is 31.5. The van der Waals surface area contributed by atoms with Gasteiger partial charge in [0.15, 0.2) is 12.2 Å².